The van der Waals surface area contributed by atoms with Gasteiger partial charge in [0.2, 0.25) is 0 Å². The molecule has 1 heterocycles. The van der Waals surface area contributed by atoms with Crippen molar-refractivity contribution in [3.63, 3.8) is 0 Å². The lowest BCUT2D eigenvalue weighted by molar-refractivity contribution is -0.000296. The summed E-state index contributed by atoms with van der Waals surface area (Å²) in [6.45, 7) is 2.49. The highest BCUT2D eigenvalue weighted by molar-refractivity contribution is 5.84. The lowest BCUT2D eigenvalue weighted by Gasteiger charge is -2.23. The Balaban J connectivity index is 1.83. The number of benzene rings is 3. The first-order chi connectivity index (χ1) is 15.6. The Morgan fingerprint density at radius 2 is 1.56 bits per heavy atom. The Bertz CT molecular complexity index is 1170. The van der Waals surface area contributed by atoms with E-state index < -0.39 is 6.29 Å². The van der Waals surface area contributed by atoms with Crippen molar-refractivity contribution in [3.05, 3.63) is 72.8 Å². The molecule has 4 aromatic rings. The molecule has 7 heteroatoms. The van der Waals surface area contributed by atoms with Crippen molar-refractivity contribution in [1.82, 2.24) is 9.55 Å². The average Bonchev–Trinajstić information content (AvgIpc) is 3.18. The van der Waals surface area contributed by atoms with E-state index in [1.807, 2.05) is 82.3 Å². The number of aromatic nitrogens is 2. The Hall–Kier alpha value is -3.39. The minimum atomic E-state index is -0.947. The van der Waals surface area contributed by atoms with E-state index >= 15 is 0 Å². The zero-order chi connectivity index (χ0) is 22.5. The van der Waals surface area contributed by atoms with Crippen LogP contribution in [0.4, 0.5) is 5.69 Å². The van der Waals surface area contributed by atoms with Gasteiger partial charge < -0.3 is 25.0 Å². The van der Waals surface area contributed by atoms with Gasteiger partial charge in [0.1, 0.15) is 11.6 Å². The molecule has 0 aliphatic heterocycles. The van der Waals surface area contributed by atoms with E-state index in [0.717, 1.165) is 33.8 Å². The van der Waals surface area contributed by atoms with Crippen LogP contribution in [0.1, 0.15) is 6.92 Å². The van der Waals surface area contributed by atoms with Gasteiger partial charge in [0.25, 0.3) is 0 Å². The van der Waals surface area contributed by atoms with Crippen LogP contribution in [0.25, 0.3) is 28.1 Å². The molecule has 32 heavy (non-hydrogen) atoms. The van der Waals surface area contributed by atoms with Crippen molar-refractivity contribution >= 4 is 16.7 Å². The molecule has 0 saturated carbocycles. The minimum absolute atomic E-state index is 0.0115. The third-order valence-corrected chi connectivity index (χ3v) is 5.19. The quantitative estimate of drug-likeness (QED) is 0.351. The van der Waals surface area contributed by atoms with Crippen LogP contribution in [0, 0.1) is 0 Å². The van der Waals surface area contributed by atoms with Gasteiger partial charge in [-0.15, -0.1) is 0 Å². The van der Waals surface area contributed by atoms with Gasteiger partial charge in [-0.3, -0.25) is 4.57 Å². The number of anilines is 1. The van der Waals surface area contributed by atoms with Crippen LogP contribution in [-0.2, 0) is 0 Å². The average molecular weight is 434 g/mol. The summed E-state index contributed by atoms with van der Waals surface area (Å²) < 4.78 is 7.70. The van der Waals surface area contributed by atoms with Crippen LogP contribution >= 0.6 is 0 Å². The third kappa shape index (κ3) is 4.45. The molecule has 0 spiro atoms. The van der Waals surface area contributed by atoms with Crippen LogP contribution in [-0.4, -0.2) is 57.5 Å². The highest BCUT2D eigenvalue weighted by Crippen LogP contribution is 2.34. The lowest BCUT2D eigenvalue weighted by atomic mass is 10.1. The number of fused-ring (bicyclic) bond motifs is 1. The maximum absolute atomic E-state index is 9.81. The van der Waals surface area contributed by atoms with Crippen molar-refractivity contribution in [2.45, 2.75) is 13.2 Å². The summed E-state index contributed by atoms with van der Waals surface area (Å²) in [4.78, 5) is 6.81. The number of hydrogen-bond donors (Lipinski definition) is 3. The van der Waals surface area contributed by atoms with Gasteiger partial charge in [-0.25, -0.2) is 4.98 Å². The van der Waals surface area contributed by atoms with E-state index in [0.29, 0.717) is 18.8 Å². The van der Waals surface area contributed by atoms with Gasteiger partial charge in [0, 0.05) is 24.3 Å². The first-order valence-electron chi connectivity index (χ1n) is 10.6. The molecule has 166 valence electrons. The number of nitrogens with zero attached hydrogens (tertiary/aromatic N) is 3. The van der Waals surface area contributed by atoms with Crippen LogP contribution < -0.4 is 9.64 Å². The third-order valence-electron chi connectivity index (χ3n) is 5.19. The monoisotopic (exact) mass is 433 g/mol. The fourth-order valence-electron chi connectivity index (χ4n) is 3.82. The predicted octanol–water partition coefficient (Wildman–Crippen LogP) is 3.20. The smallest absolute Gasteiger partial charge is 0.194 e. The lowest BCUT2D eigenvalue weighted by Crippen LogP contribution is -2.29. The highest BCUT2D eigenvalue weighted by atomic mass is 16.6. The van der Waals surface area contributed by atoms with Crippen molar-refractivity contribution in [3.8, 4) is 22.8 Å². The summed E-state index contributed by atoms with van der Waals surface area (Å²) >= 11 is 0. The molecular weight excluding hydrogens is 406 g/mol. The van der Waals surface area contributed by atoms with E-state index in [-0.39, 0.29) is 13.2 Å². The molecule has 4 rings (SSSR count). The second-order valence-electron chi connectivity index (χ2n) is 7.43. The van der Waals surface area contributed by atoms with E-state index in [2.05, 4.69) is 0 Å². The summed E-state index contributed by atoms with van der Waals surface area (Å²) in [5, 5.41) is 28.5. The molecule has 3 N–H and O–H groups in total. The van der Waals surface area contributed by atoms with E-state index in [1.165, 1.54) is 0 Å². The van der Waals surface area contributed by atoms with Gasteiger partial charge in [-0.2, -0.15) is 0 Å². The first-order valence-corrected chi connectivity index (χ1v) is 10.6. The van der Waals surface area contributed by atoms with Gasteiger partial charge in [0.15, 0.2) is 6.29 Å². The first kappa shape index (κ1) is 21.8. The molecule has 0 aliphatic carbocycles. The molecule has 0 aliphatic rings. The van der Waals surface area contributed by atoms with Crippen LogP contribution in [0.5, 0.6) is 5.75 Å². The zero-order valence-corrected chi connectivity index (χ0v) is 17.9. The molecule has 1 aromatic heterocycles. The second kappa shape index (κ2) is 9.82. The molecule has 0 fully saturated rings. The van der Waals surface area contributed by atoms with E-state index in [9.17, 15) is 15.3 Å². The fourth-order valence-corrected chi connectivity index (χ4v) is 3.82. The molecule has 7 nitrogen and oxygen atoms in total. The van der Waals surface area contributed by atoms with Crippen molar-refractivity contribution in [1.29, 1.82) is 0 Å². The molecule has 0 bridgehead atoms. The highest BCUT2D eigenvalue weighted by Gasteiger charge is 2.18. The fraction of sp³-hybridized carbons (Fsp3) is 0.240. The minimum Gasteiger partial charge on any atom is -0.463 e. The van der Waals surface area contributed by atoms with Gasteiger partial charge in [0.05, 0.1) is 29.9 Å². The maximum atomic E-state index is 9.81. The molecule has 0 radical (unpaired) electrons. The van der Waals surface area contributed by atoms with E-state index in [1.54, 1.807) is 6.92 Å². The Morgan fingerprint density at radius 3 is 2.25 bits per heavy atom. The standard InChI is InChI=1S/C25H27N3O4/c1-18(31)32-24-9-5-4-8-23(24)28-22-7-3-2-6-21(22)26-25(28)19-10-12-20(13-11-19)27(14-16-29)15-17-30/h2-13,18,29-31H,14-17H2,1H3. The summed E-state index contributed by atoms with van der Waals surface area (Å²) in [7, 11) is 0. The largest absolute Gasteiger partial charge is 0.463 e. The van der Waals surface area contributed by atoms with Crippen LogP contribution in [0.15, 0.2) is 72.8 Å². The summed E-state index contributed by atoms with van der Waals surface area (Å²) in [5.41, 5.74) is 4.38. The van der Waals surface area contributed by atoms with Crippen molar-refractivity contribution in [2.24, 2.45) is 0 Å². The van der Waals surface area contributed by atoms with E-state index in [4.69, 9.17) is 9.72 Å². The Labute approximate surface area is 186 Å². The number of ether oxygens (including phenoxy) is 1. The molecular formula is C25H27N3O4. The second-order valence-corrected chi connectivity index (χ2v) is 7.43. The normalized spacial score (nSPS) is 12.1. The number of imidazole rings is 1. The Morgan fingerprint density at radius 1 is 0.906 bits per heavy atom. The molecule has 3 aromatic carbocycles. The summed E-state index contributed by atoms with van der Waals surface area (Å²) in [6.07, 6.45) is -0.947. The van der Waals surface area contributed by atoms with Gasteiger partial charge in [-0.1, -0.05) is 24.3 Å². The van der Waals surface area contributed by atoms with Crippen molar-refractivity contribution < 1.29 is 20.1 Å². The van der Waals surface area contributed by atoms with Crippen molar-refractivity contribution in [2.75, 3.05) is 31.2 Å². The molecule has 1 atom stereocenters. The zero-order valence-electron chi connectivity index (χ0n) is 17.9. The summed E-state index contributed by atoms with van der Waals surface area (Å²) in [5.74, 6) is 1.30. The van der Waals surface area contributed by atoms with Crippen LogP contribution in [0.2, 0.25) is 0 Å². The predicted molar refractivity (Wildman–Crippen MR) is 125 cm³/mol. The number of aliphatic hydroxyl groups excluding tert-OH is 3. The Kier molecular flexibility index (Phi) is 6.70. The van der Waals surface area contributed by atoms with Gasteiger partial charge in [-0.05, 0) is 55.5 Å². The van der Waals surface area contributed by atoms with Gasteiger partial charge >= 0.3 is 0 Å². The number of rotatable bonds is 9. The summed E-state index contributed by atoms with van der Waals surface area (Å²) in [6, 6.07) is 23.3. The number of aliphatic hydroxyl groups is 3. The molecule has 1 unspecified atom stereocenters. The number of hydrogen-bond acceptors (Lipinski definition) is 6. The number of para-hydroxylation sites is 4. The van der Waals surface area contributed by atoms with Crippen LogP contribution in [0.3, 0.4) is 0 Å². The molecule has 0 amide bonds. The SMILES string of the molecule is CC(O)Oc1ccccc1-n1c(-c2ccc(N(CCO)CCO)cc2)nc2ccccc21. The maximum Gasteiger partial charge on any atom is 0.194 e. The molecule has 0 saturated heterocycles. The topological polar surface area (TPSA) is 91.0 Å².